The number of nitrogens with zero attached hydrogens (tertiary/aromatic N) is 4. The highest BCUT2D eigenvalue weighted by atomic mass is 16.2. The van der Waals surface area contributed by atoms with Gasteiger partial charge in [-0.2, -0.15) is 5.10 Å². The predicted molar refractivity (Wildman–Crippen MR) is 106 cm³/mol. The molecule has 6 nitrogen and oxygen atoms in total. The summed E-state index contributed by atoms with van der Waals surface area (Å²) >= 11 is 0. The molecule has 0 aliphatic carbocycles. The quantitative estimate of drug-likeness (QED) is 0.850. The molecule has 1 unspecified atom stereocenters. The molecule has 6 heteroatoms. The van der Waals surface area contributed by atoms with Crippen molar-refractivity contribution in [1.82, 2.24) is 25.0 Å². The molecule has 2 aromatic rings. The van der Waals surface area contributed by atoms with Crippen molar-refractivity contribution in [2.75, 3.05) is 13.1 Å². The standard InChI is InChI=1S/C21H31N5O/c1-4-20-16(2)24-26(17(20)3)15-21(27)23-19-8-6-11-25(12-9-19)14-18-7-5-10-22-13-18/h5,7,10,13,19H,4,6,8-9,11-12,14-15H2,1-3H3,(H,23,27). The number of carbonyl (C=O) groups is 1. The molecule has 27 heavy (non-hydrogen) atoms. The van der Waals surface area contributed by atoms with Crippen molar-refractivity contribution in [1.29, 1.82) is 0 Å². The van der Waals surface area contributed by atoms with E-state index >= 15 is 0 Å². The molecular formula is C21H31N5O. The van der Waals surface area contributed by atoms with Gasteiger partial charge < -0.3 is 5.32 Å². The van der Waals surface area contributed by atoms with Gasteiger partial charge in [0.1, 0.15) is 6.54 Å². The molecule has 1 amide bonds. The molecule has 0 aromatic carbocycles. The molecule has 0 bridgehead atoms. The molecule has 1 fully saturated rings. The first-order valence-electron chi connectivity index (χ1n) is 10.00. The van der Waals surface area contributed by atoms with E-state index in [0.717, 1.165) is 56.7 Å². The average molecular weight is 370 g/mol. The second-order valence-corrected chi connectivity index (χ2v) is 7.49. The molecule has 0 radical (unpaired) electrons. The van der Waals surface area contributed by atoms with Gasteiger partial charge in [-0.05, 0) is 63.3 Å². The van der Waals surface area contributed by atoms with Crippen LogP contribution >= 0.6 is 0 Å². The molecule has 1 aliphatic rings. The molecule has 0 saturated carbocycles. The lowest BCUT2D eigenvalue weighted by molar-refractivity contribution is -0.122. The highest BCUT2D eigenvalue weighted by molar-refractivity contribution is 5.76. The van der Waals surface area contributed by atoms with Gasteiger partial charge in [0.25, 0.3) is 0 Å². The minimum absolute atomic E-state index is 0.0639. The first kappa shape index (κ1) is 19.5. The van der Waals surface area contributed by atoms with Crippen LogP contribution in [0.3, 0.4) is 0 Å². The van der Waals surface area contributed by atoms with Crippen LogP contribution in [0.2, 0.25) is 0 Å². The molecule has 3 heterocycles. The Morgan fingerprint density at radius 2 is 2.15 bits per heavy atom. The van der Waals surface area contributed by atoms with Crippen molar-refractivity contribution in [3.05, 3.63) is 47.0 Å². The van der Waals surface area contributed by atoms with E-state index in [1.165, 1.54) is 11.1 Å². The van der Waals surface area contributed by atoms with E-state index in [-0.39, 0.29) is 11.9 Å². The number of pyridine rings is 1. The molecule has 1 atom stereocenters. The zero-order chi connectivity index (χ0) is 19.2. The fraction of sp³-hybridized carbons (Fsp3) is 0.571. The first-order valence-corrected chi connectivity index (χ1v) is 10.00. The van der Waals surface area contributed by atoms with Crippen LogP contribution in [0.15, 0.2) is 24.5 Å². The Morgan fingerprint density at radius 1 is 1.30 bits per heavy atom. The minimum Gasteiger partial charge on any atom is -0.352 e. The van der Waals surface area contributed by atoms with E-state index in [2.05, 4.69) is 33.3 Å². The second kappa shape index (κ2) is 9.13. The third-order valence-corrected chi connectivity index (χ3v) is 5.49. The molecular weight excluding hydrogens is 338 g/mol. The Bertz CT molecular complexity index is 755. The van der Waals surface area contributed by atoms with Crippen molar-refractivity contribution >= 4 is 5.91 Å². The summed E-state index contributed by atoms with van der Waals surface area (Å²) in [5.74, 6) is 0.0639. The monoisotopic (exact) mass is 369 g/mol. The number of rotatable bonds is 6. The van der Waals surface area contributed by atoms with Gasteiger partial charge in [-0.15, -0.1) is 0 Å². The number of amides is 1. The fourth-order valence-electron chi connectivity index (χ4n) is 4.02. The number of nitrogens with one attached hydrogen (secondary N) is 1. The van der Waals surface area contributed by atoms with Crippen molar-refractivity contribution in [2.24, 2.45) is 0 Å². The van der Waals surface area contributed by atoms with Crippen LogP contribution in [0, 0.1) is 13.8 Å². The van der Waals surface area contributed by atoms with Crippen molar-refractivity contribution in [3.8, 4) is 0 Å². The van der Waals surface area contributed by atoms with E-state index in [4.69, 9.17) is 0 Å². The van der Waals surface area contributed by atoms with Crippen LogP contribution in [0.25, 0.3) is 0 Å². The van der Waals surface area contributed by atoms with E-state index in [1.54, 1.807) is 0 Å². The molecule has 2 aromatic heterocycles. The van der Waals surface area contributed by atoms with Crippen molar-refractivity contribution in [2.45, 2.75) is 65.6 Å². The third-order valence-electron chi connectivity index (χ3n) is 5.49. The van der Waals surface area contributed by atoms with Gasteiger partial charge >= 0.3 is 0 Å². The second-order valence-electron chi connectivity index (χ2n) is 7.49. The Labute approximate surface area is 162 Å². The van der Waals surface area contributed by atoms with E-state index in [9.17, 15) is 4.79 Å². The summed E-state index contributed by atoms with van der Waals surface area (Å²) in [4.78, 5) is 19.2. The van der Waals surface area contributed by atoms with Gasteiger partial charge in [0, 0.05) is 37.2 Å². The smallest absolute Gasteiger partial charge is 0.241 e. The number of likely N-dealkylation sites (tertiary alicyclic amines) is 1. The predicted octanol–water partition coefficient (Wildman–Crippen LogP) is 2.63. The van der Waals surface area contributed by atoms with E-state index in [0.29, 0.717) is 6.54 Å². The van der Waals surface area contributed by atoms with Gasteiger partial charge in [0.05, 0.1) is 5.69 Å². The summed E-state index contributed by atoms with van der Waals surface area (Å²) < 4.78 is 1.84. The Balaban J connectivity index is 1.50. The van der Waals surface area contributed by atoms with E-state index in [1.807, 2.05) is 37.0 Å². The Kier molecular flexibility index (Phi) is 6.61. The maximum atomic E-state index is 12.5. The Morgan fingerprint density at radius 3 is 2.85 bits per heavy atom. The van der Waals surface area contributed by atoms with Gasteiger partial charge in [0.2, 0.25) is 5.91 Å². The van der Waals surface area contributed by atoms with Crippen molar-refractivity contribution < 1.29 is 4.79 Å². The van der Waals surface area contributed by atoms with Gasteiger partial charge in [-0.1, -0.05) is 13.0 Å². The van der Waals surface area contributed by atoms with Crippen molar-refractivity contribution in [3.63, 3.8) is 0 Å². The van der Waals surface area contributed by atoms with Crippen LogP contribution in [0.5, 0.6) is 0 Å². The third kappa shape index (κ3) is 5.16. The number of hydrogen-bond acceptors (Lipinski definition) is 4. The largest absolute Gasteiger partial charge is 0.352 e. The molecule has 3 rings (SSSR count). The number of aromatic nitrogens is 3. The number of hydrogen-bond donors (Lipinski definition) is 1. The lowest BCUT2D eigenvalue weighted by Gasteiger charge is -2.20. The molecule has 1 N–H and O–H groups in total. The zero-order valence-electron chi connectivity index (χ0n) is 16.7. The van der Waals surface area contributed by atoms with Crippen LogP contribution in [-0.2, 0) is 24.3 Å². The summed E-state index contributed by atoms with van der Waals surface area (Å²) in [5.41, 5.74) is 4.64. The van der Waals surface area contributed by atoms with Gasteiger partial charge in [0.15, 0.2) is 0 Å². The number of aryl methyl sites for hydroxylation is 1. The van der Waals surface area contributed by atoms with Crippen LogP contribution in [-0.4, -0.2) is 44.7 Å². The number of carbonyl (C=O) groups excluding carboxylic acids is 1. The Hall–Kier alpha value is -2.21. The minimum atomic E-state index is 0.0639. The topological polar surface area (TPSA) is 63.1 Å². The summed E-state index contributed by atoms with van der Waals surface area (Å²) in [6.45, 7) is 9.50. The maximum Gasteiger partial charge on any atom is 0.241 e. The summed E-state index contributed by atoms with van der Waals surface area (Å²) in [5, 5.41) is 7.76. The fourth-order valence-corrected chi connectivity index (χ4v) is 4.02. The molecule has 146 valence electrons. The summed E-state index contributed by atoms with van der Waals surface area (Å²) in [6, 6.07) is 4.36. The van der Waals surface area contributed by atoms with Crippen LogP contribution in [0.1, 0.15) is 48.7 Å². The average Bonchev–Trinajstić information content (AvgIpc) is 2.80. The highest BCUT2D eigenvalue weighted by Gasteiger charge is 2.20. The van der Waals surface area contributed by atoms with Crippen LogP contribution in [0.4, 0.5) is 0 Å². The first-order chi connectivity index (χ1) is 13.1. The molecule has 0 spiro atoms. The molecule has 1 saturated heterocycles. The molecule has 1 aliphatic heterocycles. The lowest BCUT2D eigenvalue weighted by Crippen LogP contribution is -2.38. The lowest BCUT2D eigenvalue weighted by atomic mass is 10.1. The van der Waals surface area contributed by atoms with Crippen LogP contribution < -0.4 is 5.32 Å². The van der Waals surface area contributed by atoms with E-state index < -0.39 is 0 Å². The SMILES string of the molecule is CCc1c(C)nn(CC(=O)NC2CCCN(Cc3cccnc3)CC2)c1C. The highest BCUT2D eigenvalue weighted by Crippen LogP contribution is 2.15. The summed E-state index contributed by atoms with van der Waals surface area (Å²) in [6.07, 6.45) is 7.82. The zero-order valence-corrected chi connectivity index (χ0v) is 16.7. The normalized spacial score (nSPS) is 18.3. The van der Waals surface area contributed by atoms with Gasteiger partial charge in [-0.3, -0.25) is 19.4 Å². The van der Waals surface area contributed by atoms with Gasteiger partial charge in [-0.25, -0.2) is 0 Å². The maximum absolute atomic E-state index is 12.5. The summed E-state index contributed by atoms with van der Waals surface area (Å²) in [7, 11) is 0.